The first-order valence-corrected chi connectivity index (χ1v) is 8.46. The molecule has 116 valence electrons. The zero-order valence-corrected chi connectivity index (χ0v) is 13.3. The number of hydrogen-bond donors (Lipinski definition) is 1. The van der Waals surface area contributed by atoms with Crippen LogP contribution in [0.25, 0.3) is 0 Å². The summed E-state index contributed by atoms with van der Waals surface area (Å²) < 4.78 is 0. The summed E-state index contributed by atoms with van der Waals surface area (Å²) in [7, 11) is 0. The third-order valence-corrected chi connectivity index (χ3v) is 5.14. The number of likely N-dealkylation sites (tertiary alicyclic amines) is 2. The fourth-order valence-electron chi connectivity index (χ4n) is 3.91. The van der Waals surface area contributed by atoms with Gasteiger partial charge < -0.3 is 5.73 Å². The Hall–Kier alpha value is -0.900. The lowest BCUT2D eigenvalue weighted by Gasteiger charge is -2.34. The van der Waals surface area contributed by atoms with Crippen molar-refractivity contribution in [2.24, 2.45) is 5.73 Å². The van der Waals surface area contributed by atoms with Crippen molar-refractivity contribution in [3.8, 4) is 0 Å². The summed E-state index contributed by atoms with van der Waals surface area (Å²) in [6.45, 7) is 8.12. The molecule has 0 radical (unpaired) electrons. The number of hydrogen-bond acceptors (Lipinski definition) is 3. The molecule has 2 N–H and O–H groups in total. The van der Waals surface area contributed by atoms with Crippen molar-refractivity contribution in [3.63, 3.8) is 0 Å². The third-order valence-electron chi connectivity index (χ3n) is 5.14. The molecule has 0 amide bonds. The van der Waals surface area contributed by atoms with Crippen LogP contribution < -0.4 is 5.73 Å². The second-order valence-corrected chi connectivity index (χ2v) is 7.06. The topological polar surface area (TPSA) is 32.5 Å². The normalized spacial score (nSPS) is 27.6. The molecule has 1 aromatic rings. The number of rotatable bonds is 4. The van der Waals surface area contributed by atoms with Crippen LogP contribution >= 0.6 is 0 Å². The monoisotopic (exact) mass is 287 g/mol. The molecular weight excluding hydrogens is 258 g/mol. The molecule has 3 nitrogen and oxygen atoms in total. The second-order valence-electron chi connectivity index (χ2n) is 7.06. The number of benzene rings is 1. The minimum Gasteiger partial charge on any atom is -0.321 e. The van der Waals surface area contributed by atoms with Crippen LogP contribution in [0.15, 0.2) is 30.3 Å². The maximum absolute atomic E-state index is 6.59. The average molecular weight is 287 g/mol. The van der Waals surface area contributed by atoms with Gasteiger partial charge in [0.2, 0.25) is 0 Å². The molecular formula is C18H29N3. The molecule has 2 fully saturated rings. The number of nitrogens with two attached hydrogens (primary N) is 1. The molecule has 0 spiro atoms. The predicted octanol–water partition coefficient (Wildman–Crippen LogP) is 2.42. The zero-order valence-electron chi connectivity index (χ0n) is 13.3. The van der Waals surface area contributed by atoms with Crippen molar-refractivity contribution in [2.45, 2.75) is 44.2 Å². The third kappa shape index (κ3) is 3.65. The van der Waals surface area contributed by atoms with Gasteiger partial charge >= 0.3 is 0 Å². The zero-order chi connectivity index (χ0) is 14.7. The summed E-state index contributed by atoms with van der Waals surface area (Å²) >= 11 is 0. The van der Waals surface area contributed by atoms with Crippen LogP contribution in [0.2, 0.25) is 0 Å². The van der Waals surface area contributed by atoms with Gasteiger partial charge in [-0.3, -0.25) is 9.80 Å². The van der Waals surface area contributed by atoms with Gasteiger partial charge in [0.1, 0.15) is 0 Å². The van der Waals surface area contributed by atoms with Crippen molar-refractivity contribution in [2.75, 3.05) is 32.7 Å². The van der Waals surface area contributed by atoms with E-state index in [1.165, 1.54) is 57.4 Å². The van der Waals surface area contributed by atoms with Gasteiger partial charge in [-0.2, -0.15) is 0 Å². The SMILES string of the molecule is CC(N)(CN1CCC(N2CCCCC2)C1)c1ccccc1. The van der Waals surface area contributed by atoms with Crippen molar-refractivity contribution in [1.29, 1.82) is 0 Å². The highest BCUT2D eigenvalue weighted by molar-refractivity contribution is 5.23. The number of nitrogens with zero attached hydrogens (tertiary/aromatic N) is 2. The van der Waals surface area contributed by atoms with E-state index < -0.39 is 0 Å². The van der Waals surface area contributed by atoms with Crippen molar-refractivity contribution < 1.29 is 0 Å². The van der Waals surface area contributed by atoms with E-state index >= 15 is 0 Å². The van der Waals surface area contributed by atoms with Crippen LogP contribution in [0.4, 0.5) is 0 Å². The molecule has 3 rings (SSSR count). The van der Waals surface area contributed by atoms with Gasteiger partial charge in [0, 0.05) is 19.1 Å². The van der Waals surface area contributed by atoms with E-state index in [9.17, 15) is 0 Å². The van der Waals surface area contributed by atoms with Crippen molar-refractivity contribution >= 4 is 0 Å². The summed E-state index contributed by atoms with van der Waals surface area (Å²) in [5, 5.41) is 0. The molecule has 2 aliphatic rings. The molecule has 2 unspecified atom stereocenters. The van der Waals surface area contributed by atoms with Gasteiger partial charge in [0.15, 0.2) is 0 Å². The lowest BCUT2D eigenvalue weighted by Crippen LogP contribution is -2.46. The highest BCUT2D eigenvalue weighted by atomic mass is 15.3. The maximum Gasteiger partial charge on any atom is 0.0509 e. The molecule has 2 atom stereocenters. The van der Waals surface area contributed by atoms with Gasteiger partial charge in [-0.25, -0.2) is 0 Å². The molecule has 0 aromatic heterocycles. The van der Waals surface area contributed by atoms with Crippen LogP contribution in [-0.2, 0) is 5.54 Å². The second kappa shape index (κ2) is 6.47. The van der Waals surface area contributed by atoms with Crippen LogP contribution in [0.3, 0.4) is 0 Å². The molecule has 0 aliphatic carbocycles. The van der Waals surface area contributed by atoms with Gasteiger partial charge in [-0.05, 0) is 51.4 Å². The maximum atomic E-state index is 6.59. The Morgan fingerprint density at radius 1 is 1.10 bits per heavy atom. The Labute approximate surface area is 129 Å². The fourth-order valence-corrected chi connectivity index (χ4v) is 3.91. The standard InChI is InChI=1S/C18H29N3/c1-18(19,16-8-4-2-5-9-16)15-20-13-10-17(14-20)21-11-6-3-7-12-21/h2,4-5,8-9,17H,3,6-7,10-15,19H2,1H3. The lowest BCUT2D eigenvalue weighted by molar-refractivity contribution is 0.157. The Kier molecular flexibility index (Phi) is 4.63. The fraction of sp³-hybridized carbons (Fsp3) is 0.667. The van der Waals surface area contributed by atoms with Gasteiger partial charge in [-0.15, -0.1) is 0 Å². The predicted molar refractivity (Wildman–Crippen MR) is 88.3 cm³/mol. The first kappa shape index (κ1) is 15.0. The minimum absolute atomic E-state index is 0.252. The molecule has 21 heavy (non-hydrogen) atoms. The van der Waals surface area contributed by atoms with Gasteiger partial charge in [0.05, 0.1) is 5.54 Å². The summed E-state index contributed by atoms with van der Waals surface area (Å²) in [6, 6.07) is 11.3. The summed E-state index contributed by atoms with van der Waals surface area (Å²) in [4.78, 5) is 5.27. The Balaban J connectivity index is 1.56. The molecule has 1 aromatic carbocycles. The summed E-state index contributed by atoms with van der Waals surface area (Å²) in [5.74, 6) is 0. The Morgan fingerprint density at radius 3 is 2.52 bits per heavy atom. The van der Waals surface area contributed by atoms with Crippen LogP contribution in [0.1, 0.15) is 38.2 Å². The van der Waals surface area contributed by atoms with E-state index in [4.69, 9.17) is 5.73 Å². The van der Waals surface area contributed by atoms with Gasteiger partial charge in [-0.1, -0.05) is 36.8 Å². The van der Waals surface area contributed by atoms with E-state index in [2.05, 4.69) is 47.1 Å². The highest BCUT2D eigenvalue weighted by Gasteiger charge is 2.32. The molecule has 3 heteroatoms. The molecule has 2 aliphatic heterocycles. The quantitative estimate of drug-likeness (QED) is 0.923. The molecule has 2 heterocycles. The van der Waals surface area contributed by atoms with Gasteiger partial charge in [0.25, 0.3) is 0 Å². The first-order chi connectivity index (χ1) is 10.1. The average Bonchev–Trinajstić information content (AvgIpc) is 2.97. The summed E-state index contributed by atoms with van der Waals surface area (Å²) in [6.07, 6.45) is 5.50. The minimum atomic E-state index is -0.252. The van der Waals surface area contributed by atoms with Crippen LogP contribution in [0.5, 0.6) is 0 Å². The molecule has 0 saturated carbocycles. The Morgan fingerprint density at radius 2 is 1.81 bits per heavy atom. The van der Waals surface area contributed by atoms with E-state index in [1.54, 1.807) is 0 Å². The van der Waals surface area contributed by atoms with E-state index in [1.807, 2.05) is 0 Å². The van der Waals surface area contributed by atoms with Crippen LogP contribution in [-0.4, -0.2) is 48.6 Å². The largest absolute Gasteiger partial charge is 0.321 e. The van der Waals surface area contributed by atoms with Crippen LogP contribution in [0, 0.1) is 0 Å². The summed E-state index contributed by atoms with van der Waals surface area (Å²) in [5.41, 5.74) is 7.58. The molecule has 0 bridgehead atoms. The van der Waals surface area contributed by atoms with E-state index in [0.717, 1.165) is 12.6 Å². The van der Waals surface area contributed by atoms with E-state index in [0.29, 0.717) is 0 Å². The Bertz CT molecular complexity index is 437. The number of piperidine rings is 1. The van der Waals surface area contributed by atoms with E-state index in [-0.39, 0.29) is 5.54 Å². The van der Waals surface area contributed by atoms with Crippen molar-refractivity contribution in [1.82, 2.24) is 9.80 Å². The molecule has 2 saturated heterocycles. The smallest absolute Gasteiger partial charge is 0.0509 e. The highest BCUT2D eigenvalue weighted by Crippen LogP contribution is 2.24. The lowest BCUT2D eigenvalue weighted by atomic mass is 9.93. The van der Waals surface area contributed by atoms with Crippen molar-refractivity contribution in [3.05, 3.63) is 35.9 Å². The first-order valence-electron chi connectivity index (χ1n) is 8.46.